The number of sulfonamides is 1. The van der Waals surface area contributed by atoms with Gasteiger partial charge in [0, 0.05) is 54.3 Å². The van der Waals surface area contributed by atoms with E-state index in [4.69, 9.17) is 26.2 Å². The standard InChI is InChI=1S/C21H29ClN4O4S.C2HF3O2/c1-16(2)26(11-4-7-25-31(3,28)29)21(27)17-13-18(22)15-20(14-17)30-12-10-24-19-5-8-23-9-6-19;3-2(4,5)1(6)7/h5-6,8-9,13-16,25H,4,7,10-12H2,1-3H3,(H,23,24);(H,6,7). The molecule has 0 fully saturated rings. The number of nitrogens with one attached hydrogen (secondary N) is 2. The van der Waals surface area contributed by atoms with Crippen LogP contribution in [0.4, 0.5) is 18.9 Å². The van der Waals surface area contributed by atoms with Crippen LogP contribution in [0.5, 0.6) is 5.75 Å². The van der Waals surface area contributed by atoms with E-state index >= 15 is 0 Å². The van der Waals surface area contributed by atoms with Gasteiger partial charge in [0.1, 0.15) is 12.4 Å². The molecule has 2 rings (SSSR count). The molecule has 0 spiro atoms. The topological polar surface area (TPSA) is 138 Å². The molecule has 1 heterocycles. The van der Waals surface area contributed by atoms with E-state index in [1.165, 1.54) is 0 Å². The summed E-state index contributed by atoms with van der Waals surface area (Å²) in [7, 11) is -3.25. The summed E-state index contributed by atoms with van der Waals surface area (Å²) in [6, 6.07) is 8.62. The molecule has 0 aliphatic rings. The number of rotatable bonds is 12. The van der Waals surface area contributed by atoms with Crippen molar-refractivity contribution in [3.05, 3.63) is 53.3 Å². The zero-order valence-electron chi connectivity index (χ0n) is 21.0. The number of halogens is 4. The van der Waals surface area contributed by atoms with Gasteiger partial charge in [-0.05, 0) is 50.6 Å². The molecule has 0 atom stereocenters. The maximum absolute atomic E-state index is 13.1. The Morgan fingerprint density at radius 1 is 1.16 bits per heavy atom. The van der Waals surface area contributed by atoms with E-state index in [1.54, 1.807) is 35.5 Å². The Labute approximate surface area is 224 Å². The van der Waals surface area contributed by atoms with Crippen molar-refractivity contribution in [2.45, 2.75) is 32.5 Å². The van der Waals surface area contributed by atoms with Crippen LogP contribution in [0.25, 0.3) is 0 Å². The maximum Gasteiger partial charge on any atom is 0.490 e. The van der Waals surface area contributed by atoms with E-state index in [0.29, 0.717) is 42.5 Å². The third-order valence-electron chi connectivity index (χ3n) is 4.57. The number of ether oxygens (including phenoxy) is 1. The molecule has 1 aromatic carbocycles. The minimum absolute atomic E-state index is 0.0568. The predicted molar refractivity (Wildman–Crippen MR) is 137 cm³/mol. The number of nitrogens with zero attached hydrogens (tertiary/aromatic N) is 2. The van der Waals surface area contributed by atoms with Crippen LogP contribution in [-0.2, 0) is 14.8 Å². The Balaban J connectivity index is 0.000000905. The highest BCUT2D eigenvalue weighted by molar-refractivity contribution is 7.88. The fraction of sp³-hybridized carbons (Fsp3) is 0.435. The highest BCUT2D eigenvalue weighted by Crippen LogP contribution is 2.23. The molecule has 1 amide bonds. The Morgan fingerprint density at radius 2 is 1.76 bits per heavy atom. The van der Waals surface area contributed by atoms with Gasteiger partial charge in [-0.2, -0.15) is 13.2 Å². The fourth-order valence-electron chi connectivity index (χ4n) is 2.87. The lowest BCUT2D eigenvalue weighted by Crippen LogP contribution is -2.39. The van der Waals surface area contributed by atoms with Crippen molar-refractivity contribution < 1.29 is 41.0 Å². The normalized spacial score (nSPS) is 11.4. The highest BCUT2D eigenvalue weighted by atomic mass is 35.5. The summed E-state index contributed by atoms with van der Waals surface area (Å²) in [4.78, 5) is 27.6. The van der Waals surface area contributed by atoms with Crippen LogP contribution in [0.15, 0.2) is 42.7 Å². The molecule has 2 aromatic rings. The molecular weight excluding hydrogens is 553 g/mol. The summed E-state index contributed by atoms with van der Waals surface area (Å²) in [5.74, 6) is -2.43. The molecule has 212 valence electrons. The van der Waals surface area contributed by atoms with E-state index < -0.39 is 22.2 Å². The van der Waals surface area contributed by atoms with Crippen molar-refractivity contribution >= 4 is 39.2 Å². The van der Waals surface area contributed by atoms with E-state index in [0.717, 1.165) is 11.9 Å². The highest BCUT2D eigenvalue weighted by Gasteiger charge is 2.38. The number of alkyl halides is 3. The lowest BCUT2D eigenvalue weighted by Gasteiger charge is -2.27. The third-order valence-corrected chi connectivity index (χ3v) is 5.51. The van der Waals surface area contributed by atoms with E-state index in [2.05, 4.69) is 15.0 Å². The number of carbonyl (C=O) groups excluding carboxylic acids is 1. The summed E-state index contributed by atoms with van der Waals surface area (Å²) in [5.41, 5.74) is 1.37. The van der Waals surface area contributed by atoms with E-state index in [9.17, 15) is 26.4 Å². The Bertz CT molecular complexity index is 1150. The number of aliphatic carboxylic acids is 1. The number of amides is 1. The summed E-state index contributed by atoms with van der Waals surface area (Å²) in [5, 5.41) is 10.8. The first-order valence-electron chi connectivity index (χ1n) is 11.2. The summed E-state index contributed by atoms with van der Waals surface area (Å²) < 4.78 is 62.3. The third kappa shape index (κ3) is 13.4. The van der Waals surface area contributed by atoms with Crippen molar-refractivity contribution in [3.8, 4) is 5.75 Å². The molecule has 38 heavy (non-hydrogen) atoms. The largest absolute Gasteiger partial charge is 0.492 e. The number of benzene rings is 1. The van der Waals surface area contributed by atoms with Gasteiger partial charge in [0.15, 0.2) is 0 Å². The smallest absolute Gasteiger partial charge is 0.490 e. The lowest BCUT2D eigenvalue weighted by atomic mass is 10.1. The van der Waals surface area contributed by atoms with Gasteiger partial charge in [-0.3, -0.25) is 9.78 Å². The van der Waals surface area contributed by atoms with Crippen LogP contribution in [0.2, 0.25) is 5.02 Å². The molecule has 0 saturated heterocycles. The molecule has 0 radical (unpaired) electrons. The Kier molecular flexibility index (Phi) is 13.3. The van der Waals surface area contributed by atoms with Crippen LogP contribution >= 0.6 is 11.6 Å². The molecule has 0 saturated carbocycles. The second-order valence-electron chi connectivity index (χ2n) is 8.10. The van der Waals surface area contributed by atoms with Crippen molar-refractivity contribution in [2.24, 2.45) is 0 Å². The minimum atomic E-state index is -5.08. The summed E-state index contributed by atoms with van der Waals surface area (Å²) in [6.07, 6.45) is -0.0639. The van der Waals surface area contributed by atoms with Crippen molar-refractivity contribution in [3.63, 3.8) is 0 Å². The molecule has 15 heteroatoms. The molecule has 0 bridgehead atoms. The average Bonchev–Trinajstić information content (AvgIpc) is 2.80. The van der Waals surface area contributed by atoms with E-state index in [-0.39, 0.29) is 18.5 Å². The van der Waals surface area contributed by atoms with Crippen molar-refractivity contribution in [1.82, 2.24) is 14.6 Å². The Morgan fingerprint density at radius 3 is 2.29 bits per heavy atom. The summed E-state index contributed by atoms with van der Waals surface area (Å²) in [6.45, 7) is 5.47. The number of hydrogen-bond donors (Lipinski definition) is 3. The molecule has 0 unspecified atom stereocenters. The van der Waals surface area contributed by atoms with Gasteiger partial charge in [-0.25, -0.2) is 17.9 Å². The van der Waals surface area contributed by atoms with Crippen LogP contribution in [0.3, 0.4) is 0 Å². The average molecular weight is 583 g/mol. The van der Waals surface area contributed by atoms with Crippen molar-refractivity contribution in [2.75, 3.05) is 37.8 Å². The predicted octanol–water partition coefficient (Wildman–Crippen LogP) is 3.65. The fourth-order valence-corrected chi connectivity index (χ4v) is 3.61. The number of carbonyl (C=O) groups is 2. The van der Waals surface area contributed by atoms with Gasteiger partial charge in [0.05, 0.1) is 6.26 Å². The number of anilines is 1. The van der Waals surface area contributed by atoms with Crippen molar-refractivity contribution in [1.29, 1.82) is 0 Å². The van der Waals surface area contributed by atoms with Crippen LogP contribution in [0.1, 0.15) is 30.6 Å². The second kappa shape index (κ2) is 15.3. The molecule has 3 N–H and O–H groups in total. The first kappa shape index (κ1) is 32.9. The molecule has 1 aromatic heterocycles. The van der Waals surface area contributed by atoms with Gasteiger partial charge >= 0.3 is 12.1 Å². The van der Waals surface area contributed by atoms with Crippen LogP contribution < -0.4 is 14.8 Å². The number of aromatic nitrogens is 1. The van der Waals surface area contributed by atoms with Gasteiger partial charge < -0.3 is 20.1 Å². The molecular formula is C23H30ClF3N4O6S. The minimum Gasteiger partial charge on any atom is -0.492 e. The Hall–Kier alpha value is -3.10. The second-order valence-corrected chi connectivity index (χ2v) is 10.4. The first-order chi connectivity index (χ1) is 17.6. The first-order valence-corrected chi connectivity index (χ1v) is 13.5. The van der Waals surface area contributed by atoms with Gasteiger partial charge in [0.2, 0.25) is 10.0 Å². The quantitative estimate of drug-likeness (QED) is 0.323. The maximum atomic E-state index is 13.1. The van der Waals surface area contributed by atoms with Gasteiger partial charge in [-0.1, -0.05) is 11.6 Å². The number of pyridine rings is 1. The van der Waals surface area contributed by atoms with Crippen LogP contribution in [0, 0.1) is 0 Å². The number of carboxylic acids is 1. The van der Waals surface area contributed by atoms with Gasteiger partial charge in [0.25, 0.3) is 5.91 Å². The monoisotopic (exact) mass is 582 g/mol. The lowest BCUT2D eigenvalue weighted by molar-refractivity contribution is -0.192. The molecule has 0 aliphatic carbocycles. The zero-order valence-corrected chi connectivity index (χ0v) is 22.5. The molecule has 10 nitrogen and oxygen atoms in total. The van der Waals surface area contributed by atoms with Crippen LogP contribution in [-0.4, -0.2) is 80.0 Å². The zero-order chi connectivity index (χ0) is 28.9. The summed E-state index contributed by atoms with van der Waals surface area (Å²) >= 11 is 6.21. The number of hydrogen-bond acceptors (Lipinski definition) is 7. The number of carboxylic acid groups (broad SMARTS) is 1. The molecule has 0 aliphatic heterocycles. The van der Waals surface area contributed by atoms with Gasteiger partial charge in [-0.15, -0.1) is 0 Å². The van der Waals surface area contributed by atoms with E-state index in [1.807, 2.05) is 26.0 Å². The SMILES string of the molecule is CC(C)N(CCCNS(C)(=O)=O)C(=O)c1cc(Cl)cc(OCCNc2ccncc2)c1.O=C(O)C(F)(F)F.